The van der Waals surface area contributed by atoms with Crippen LogP contribution in [-0.4, -0.2) is 5.91 Å². The van der Waals surface area contributed by atoms with Crippen molar-refractivity contribution in [1.29, 1.82) is 0 Å². The predicted molar refractivity (Wildman–Crippen MR) is 76.2 cm³/mol. The van der Waals surface area contributed by atoms with Crippen LogP contribution < -0.4 is 11.5 Å². The molecule has 17 heavy (non-hydrogen) atoms. The van der Waals surface area contributed by atoms with E-state index in [0.29, 0.717) is 17.9 Å². The summed E-state index contributed by atoms with van der Waals surface area (Å²) in [5.41, 5.74) is 11.1. The minimum Gasteiger partial charge on any atom is -0.370 e. The molecule has 0 spiro atoms. The van der Waals surface area contributed by atoms with Crippen molar-refractivity contribution in [1.82, 2.24) is 0 Å². The second kappa shape index (κ2) is 5.69. The lowest BCUT2D eigenvalue weighted by Gasteiger charge is -2.26. The molecule has 1 aromatic rings. The highest BCUT2D eigenvalue weighted by molar-refractivity contribution is 9.11. The van der Waals surface area contributed by atoms with Gasteiger partial charge in [0.2, 0.25) is 5.91 Å². The second-order valence-corrected chi connectivity index (χ2v) is 7.70. The fraction of sp³-hybridized carbons (Fsp3) is 0.545. The van der Waals surface area contributed by atoms with Crippen molar-refractivity contribution in [2.24, 2.45) is 16.9 Å². The Morgan fingerprint density at radius 2 is 2.24 bits per heavy atom. The number of rotatable bonds is 5. The zero-order chi connectivity index (χ0) is 13.2. The van der Waals surface area contributed by atoms with Gasteiger partial charge in [-0.15, -0.1) is 11.3 Å². The minimum absolute atomic E-state index is 0.127. The molecule has 4 N–H and O–H groups in total. The van der Waals surface area contributed by atoms with Gasteiger partial charge in [0.1, 0.15) is 0 Å². The molecule has 0 aliphatic carbocycles. The van der Waals surface area contributed by atoms with E-state index in [2.05, 4.69) is 15.9 Å². The van der Waals surface area contributed by atoms with Gasteiger partial charge in [0.05, 0.1) is 8.81 Å². The van der Waals surface area contributed by atoms with Crippen molar-refractivity contribution >= 4 is 44.8 Å². The van der Waals surface area contributed by atoms with Crippen molar-refractivity contribution in [3.63, 3.8) is 0 Å². The van der Waals surface area contributed by atoms with Crippen molar-refractivity contribution < 1.29 is 4.79 Å². The van der Waals surface area contributed by atoms with Crippen molar-refractivity contribution in [2.45, 2.75) is 32.7 Å². The highest BCUT2D eigenvalue weighted by Gasteiger charge is 2.25. The molecule has 0 fully saturated rings. The zero-order valence-electron chi connectivity index (χ0n) is 9.80. The summed E-state index contributed by atoms with van der Waals surface area (Å²) in [6.07, 6.45) is 1.03. The van der Waals surface area contributed by atoms with Crippen LogP contribution in [0.4, 0.5) is 0 Å². The maximum Gasteiger partial charge on any atom is 0.217 e. The average molecular weight is 340 g/mol. The summed E-state index contributed by atoms with van der Waals surface area (Å²) in [5.74, 6) is -0.299. The molecule has 0 saturated heterocycles. The van der Waals surface area contributed by atoms with Gasteiger partial charge in [-0.05, 0) is 33.8 Å². The molecule has 96 valence electrons. The van der Waals surface area contributed by atoms with Crippen molar-refractivity contribution in [2.75, 3.05) is 0 Å². The van der Waals surface area contributed by atoms with Gasteiger partial charge in [0.15, 0.2) is 0 Å². The number of thiophene rings is 1. The molecular weight excluding hydrogens is 324 g/mol. The van der Waals surface area contributed by atoms with Crippen molar-refractivity contribution in [3.8, 4) is 0 Å². The number of primary amides is 1. The van der Waals surface area contributed by atoms with Gasteiger partial charge in [-0.25, -0.2) is 0 Å². The molecule has 0 aromatic carbocycles. The quantitative estimate of drug-likeness (QED) is 0.862. The van der Waals surface area contributed by atoms with E-state index in [0.717, 1.165) is 8.66 Å². The van der Waals surface area contributed by atoms with Gasteiger partial charge in [-0.3, -0.25) is 4.79 Å². The fourth-order valence-corrected chi connectivity index (χ4v) is 3.53. The summed E-state index contributed by atoms with van der Waals surface area (Å²) in [4.78, 5) is 12.0. The molecule has 6 heteroatoms. The van der Waals surface area contributed by atoms with Crippen molar-refractivity contribution in [3.05, 3.63) is 19.8 Å². The molecule has 1 aromatic heterocycles. The Hall–Kier alpha value is -0.100. The molecule has 3 nitrogen and oxygen atoms in total. The highest BCUT2D eigenvalue weighted by Crippen LogP contribution is 2.38. The average Bonchev–Trinajstić information content (AvgIpc) is 2.43. The smallest absolute Gasteiger partial charge is 0.217 e. The van der Waals surface area contributed by atoms with Gasteiger partial charge < -0.3 is 11.5 Å². The first-order valence-corrected chi connectivity index (χ1v) is 7.18. The second-order valence-electron chi connectivity index (χ2n) is 4.89. The van der Waals surface area contributed by atoms with Crippen LogP contribution in [0.1, 0.15) is 37.6 Å². The standard InChI is InChI=1S/C11H16BrClN2OS/c1-11(2,5-9(15)16)4-7(14)8-3-6(13)10(12)17-8/h3,7H,4-5,14H2,1-2H3,(H2,15,16). The largest absolute Gasteiger partial charge is 0.370 e. The fourth-order valence-electron chi connectivity index (χ4n) is 1.79. The normalized spacial score (nSPS) is 13.7. The Bertz CT molecular complexity index is 400. The topological polar surface area (TPSA) is 69.1 Å². The first-order valence-electron chi connectivity index (χ1n) is 5.20. The molecule has 0 bridgehead atoms. The van der Waals surface area contributed by atoms with Gasteiger partial charge in [0.25, 0.3) is 0 Å². The molecule has 0 radical (unpaired) electrons. The number of carbonyl (C=O) groups is 1. The third-order valence-corrected chi connectivity index (χ3v) is 5.06. The summed E-state index contributed by atoms with van der Waals surface area (Å²) in [6, 6.07) is 1.74. The Balaban J connectivity index is 2.71. The van der Waals surface area contributed by atoms with E-state index in [4.69, 9.17) is 23.1 Å². The van der Waals surface area contributed by atoms with Crippen LogP contribution in [0.3, 0.4) is 0 Å². The van der Waals surface area contributed by atoms with Crippen LogP contribution in [0.25, 0.3) is 0 Å². The van der Waals surface area contributed by atoms with Crippen LogP contribution in [0.5, 0.6) is 0 Å². The number of hydrogen-bond donors (Lipinski definition) is 2. The van der Waals surface area contributed by atoms with Gasteiger partial charge >= 0.3 is 0 Å². The van der Waals surface area contributed by atoms with Crippen LogP contribution in [0.2, 0.25) is 5.02 Å². The summed E-state index contributed by atoms with van der Waals surface area (Å²) in [5, 5.41) is 0.674. The third-order valence-electron chi connectivity index (χ3n) is 2.45. The predicted octanol–water partition coefficient (Wildman–Crippen LogP) is 3.46. The molecule has 0 saturated carbocycles. The van der Waals surface area contributed by atoms with Gasteiger partial charge in [-0.1, -0.05) is 25.4 Å². The molecule has 1 rings (SSSR count). The zero-order valence-corrected chi connectivity index (χ0v) is 13.0. The molecular formula is C11H16BrClN2OS. The van der Waals surface area contributed by atoms with Crippen LogP contribution in [-0.2, 0) is 4.79 Å². The van der Waals surface area contributed by atoms with Crippen LogP contribution in [0.15, 0.2) is 9.85 Å². The summed E-state index contributed by atoms with van der Waals surface area (Å²) in [7, 11) is 0. The number of hydrogen-bond acceptors (Lipinski definition) is 3. The Morgan fingerprint density at radius 1 is 1.65 bits per heavy atom. The molecule has 1 atom stereocenters. The summed E-state index contributed by atoms with van der Waals surface area (Å²) < 4.78 is 0.886. The van der Waals surface area contributed by atoms with E-state index in [9.17, 15) is 4.79 Å². The van der Waals surface area contributed by atoms with E-state index < -0.39 is 0 Å². The van der Waals surface area contributed by atoms with E-state index in [1.807, 2.05) is 19.9 Å². The molecule has 1 amide bonds. The number of nitrogens with two attached hydrogens (primary N) is 2. The van der Waals surface area contributed by atoms with E-state index in [1.54, 1.807) is 0 Å². The minimum atomic E-state index is -0.299. The summed E-state index contributed by atoms with van der Waals surface area (Å²) >= 11 is 10.8. The maximum absolute atomic E-state index is 10.9. The molecule has 0 aliphatic heterocycles. The maximum atomic E-state index is 10.9. The molecule has 0 aliphatic rings. The first kappa shape index (κ1) is 15.0. The van der Waals surface area contributed by atoms with Gasteiger partial charge in [0, 0.05) is 17.3 Å². The Labute approximate surface area is 119 Å². The summed E-state index contributed by atoms with van der Waals surface area (Å²) in [6.45, 7) is 3.98. The van der Waals surface area contributed by atoms with E-state index in [1.165, 1.54) is 11.3 Å². The number of carbonyl (C=O) groups excluding carboxylic acids is 1. The molecule has 1 heterocycles. The Morgan fingerprint density at radius 3 is 2.65 bits per heavy atom. The first-order chi connectivity index (χ1) is 7.71. The number of amides is 1. The van der Waals surface area contributed by atoms with E-state index in [-0.39, 0.29) is 17.4 Å². The van der Waals surface area contributed by atoms with Crippen LogP contribution in [0, 0.1) is 5.41 Å². The highest BCUT2D eigenvalue weighted by atomic mass is 79.9. The lowest BCUT2D eigenvalue weighted by atomic mass is 9.82. The van der Waals surface area contributed by atoms with Gasteiger partial charge in [-0.2, -0.15) is 0 Å². The lowest BCUT2D eigenvalue weighted by molar-refractivity contribution is -0.120. The SMILES string of the molecule is CC(C)(CC(N)=O)CC(N)c1cc(Cl)c(Br)s1. The molecule has 1 unspecified atom stereocenters. The number of halogens is 2. The van der Waals surface area contributed by atoms with E-state index >= 15 is 0 Å². The van der Waals surface area contributed by atoms with Crippen LogP contribution >= 0.6 is 38.9 Å². The monoisotopic (exact) mass is 338 g/mol. The Kier molecular flexibility index (Phi) is 5.01. The third kappa shape index (κ3) is 4.58. The lowest BCUT2D eigenvalue weighted by Crippen LogP contribution is -2.26.